The predicted molar refractivity (Wildman–Crippen MR) is 108 cm³/mol. The van der Waals surface area contributed by atoms with Crippen LogP contribution < -0.4 is 10.6 Å². The molecule has 0 aliphatic carbocycles. The number of carbonyl (C=O) groups excluding carboxylic acids is 2. The van der Waals surface area contributed by atoms with Crippen LogP contribution in [0, 0.1) is 5.82 Å². The molecule has 5 nitrogen and oxygen atoms in total. The Hall–Kier alpha value is -3.41. The molecule has 2 N–H and O–H groups in total. The van der Waals surface area contributed by atoms with Crippen LogP contribution in [0.25, 0.3) is 10.8 Å². The summed E-state index contributed by atoms with van der Waals surface area (Å²) in [6, 6.07) is 16.7. The number of nitrogens with one attached hydrogen (secondary N) is 2. The third kappa shape index (κ3) is 4.85. The zero-order valence-electron chi connectivity index (χ0n) is 15.9. The molecular weight excluding hydrogens is 359 g/mol. The number of amides is 2. The number of hydrogen-bond donors (Lipinski definition) is 2. The van der Waals surface area contributed by atoms with Crippen LogP contribution >= 0.6 is 0 Å². The lowest BCUT2D eigenvalue weighted by atomic mass is 10.1. The Morgan fingerprint density at radius 1 is 0.857 bits per heavy atom. The van der Waals surface area contributed by atoms with Crippen molar-refractivity contribution in [2.24, 2.45) is 0 Å². The quantitative estimate of drug-likeness (QED) is 0.623. The van der Waals surface area contributed by atoms with Crippen LogP contribution in [0.4, 0.5) is 20.6 Å². The second-order valence-electron chi connectivity index (χ2n) is 7.33. The third-order valence-electron chi connectivity index (χ3n) is 3.88. The highest BCUT2D eigenvalue weighted by atomic mass is 19.1. The van der Waals surface area contributed by atoms with Crippen LogP contribution in [0.5, 0.6) is 0 Å². The molecule has 0 heterocycles. The van der Waals surface area contributed by atoms with Gasteiger partial charge >= 0.3 is 6.09 Å². The maximum atomic E-state index is 13.7. The van der Waals surface area contributed by atoms with Crippen molar-refractivity contribution < 1.29 is 18.7 Å². The third-order valence-corrected chi connectivity index (χ3v) is 3.88. The summed E-state index contributed by atoms with van der Waals surface area (Å²) in [4.78, 5) is 24.7. The fourth-order valence-electron chi connectivity index (χ4n) is 2.67. The maximum Gasteiger partial charge on any atom is 0.412 e. The lowest BCUT2D eigenvalue weighted by Gasteiger charge is -2.20. The summed E-state index contributed by atoms with van der Waals surface area (Å²) < 4.78 is 18.9. The molecule has 0 unspecified atom stereocenters. The molecule has 0 aromatic heterocycles. The summed E-state index contributed by atoms with van der Waals surface area (Å²) in [6.45, 7) is 5.21. The van der Waals surface area contributed by atoms with Crippen LogP contribution in [0.1, 0.15) is 31.1 Å². The largest absolute Gasteiger partial charge is 0.444 e. The molecule has 3 rings (SSSR count). The van der Waals surface area contributed by atoms with E-state index in [1.807, 2.05) is 30.3 Å². The van der Waals surface area contributed by atoms with Crippen molar-refractivity contribution in [2.45, 2.75) is 26.4 Å². The molecule has 0 fully saturated rings. The molecule has 0 aliphatic heterocycles. The lowest BCUT2D eigenvalue weighted by Crippen LogP contribution is -2.27. The molecule has 0 radical (unpaired) electrons. The van der Waals surface area contributed by atoms with E-state index in [1.165, 1.54) is 12.1 Å². The van der Waals surface area contributed by atoms with E-state index in [0.717, 1.165) is 16.8 Å². The van der Waals surface area contributed by atoms with Gasteiger partial charge in [-0.15, -0.1) is 0 Å². The van der Waals surface area contributed by atoms with E-state index in [4.69, 9.17) is 4.74 Å². The van der Waals surface area contributed by atoms with Gasteiger partial charge in [-0.1, -0.05) is 30.3 Å². The van der Waals surface area contributed by atoms with Gasteiger partial charge in [-0.25, -0.2) is 9.18 Å². The number of benzene rings is 3. The molecule has 0 saturated heterocycles. The molecule has 0 bridgehead atoms. The highest BCUT2D eigenvalue weighted by molar-refractivity contribution is 6.08. The lowest BCUT2D eigenvalue weighted by molar-refractivity contribution is 0.0635. The number of carbonyl (C=O) groups is 2. The molecule has 0 spiro atoms. The Kier molecular flexibility index (Phi) is 5.31. The SMILES string of the molecule is CC(C)(C)OC(=O)Nc1ccc(F)cc1NC(=O)c1ccc2ccccc2c1. The molecule has 6 heteroatoms. The summed E-state index contributed by atoms with van der Waals surface area (Å²) in [5.74, 6) is -0.952. The second-order valence-corrected chi connectivity index (χ2v) is 7.33. The molecule has 3 aromatic carbocycles. The van der Waals surface area contributed by atoms with E-state index < -0.39 is 23.4 Å². The van der Waals surface area contributed by atoms with Crippen molar-refractivity contribution in [3.8, 4) is 0 Å². The first-order chi connectivity index (χ1) is 13.2. The van der Waals surface area contributed by atoms with E-state index in [-0.39, 0.29) is 11.4 Å². The molecule has 0 saturated carbocycles. The Labute approximate surface area is 162 Å². The van der Waals surface area contributed by atoms with E-state index in [2.05, 4.69) is 10.6 Å². The van der Waals surface area contributed by atoms with Gasteiger partial charge in [0.05, 0.1) is 11.4 Å². The Morgan fingerprint density at radius 3 is 2.29 bits per heavy atom. The van der Waals surface area contributed by atoms with Crippen molar-refractivity contribution in [3.05, 3.63) is 72.0 Å². The number of hydrogen-bond acceptors (Lipinski definition) is 3. The average Bonchev–Trinajstić information content (AvgIpc) is 2.62. The normalized spacial score (nSPS) is 11.1. The second kappa shape index (κ2) is 7.68. The average molecular weight is 380 g/mol. The van der Waals surface area contributed by atoms with Gasteiger partial charge in [-0.2, -0.15) is 0 Å². The van der Waals surface area contributed by atoms with Gasteiger partial charge in [0.2, 0.25) is 0 Å². The molecule has 0 atom stereocenters. The molecule has 3 aromatic rings. The Bertz CT molecular complexity index is 1040. The van der Waals surface area contributed by atoms with E-state index in [1.54, 1.807) is 32.9 Å². The van der Waals surface area contributed by atoms with Gasteiger partial charge in [0.1, 0.15) is 11.4 Å². The number of anilines is 2. The fourth-order valence-corrected chi connectivity index (χ4v) is 2.67. The molecule has 2 amide bonds. The molecule has 28 heavy (non-hydrogen) atoms. The first-order valence-corrected chi connectivity index (χ1v) is 8.81. The molecule has 0 aliphatic rings. The van der Waals surface area contributed by atoms with Gasteiger partial charge in [0, 0.05) is 5.56 Å². The first-order valence-electron chi connectivity index (χ1n) is 8.81. The Morgan fingerprint density at radius 2 is 1.57 bits per heavy atom. The number of fused-ring (bicyclic) bond motifs is 1. The van der Waals surface area contributed by atoms with Crippen LogP contribution in [0.3, 0.4) is 0 Å². The first kappa shape index (κ1) is 19.4. The smallest absolute Gasteiger partial charge is 0.412 e. The Balaban J connectivity index is 1.83. The minimum absolute atomic E-state index is 0.143. The van der Waals surface area contributed by atoms with Gasteiger partial charge < -0.3 is 10.1 Å². The van der Waals surface area contributed by atoms with Crippen molar-refractivity contribution in [1.82, 2.24) is 0 Å². The van der Waals surface area contributed by atoms with Crippen molar-refractivity contribution in [3.63, 3.8) is 0 Å². The standard InChI is InChI=1S/C22H21FN2O3/c1-22(2,3)28-21(27)25-18-11-10-17(23)13-19(18)24-20(26)16-9-8-14-6-4-5-7-15(14)12-16/h4-13H,1-3H3,(H,24,26)(H,25,27). The monoisotopic (exact) mass is 380 g/mol. The number of ether oxygens (including phenoxy) is 1. The molecule has 144 valence electrons. The van der Waals surface area contributed by atoms with Gasteiger partial charge in [0.15, 0.2) is 0 Å². The topological polar surface area (TPSA) is 67.4 Å². The summed E-state index contributed by atoms with van der Waals surface area (Å²) in [5.41, 5.74) is 0.124. The summed E-state index contributed by atoms with van der Waals surface area (Å²) >= 11 is 0. The zero-order valence-corrected chi connectivity index (χ0v) is 15.9. The summed E-state index contributed by atoms with van der Waals surface area (Å²) in [5, 5.41) is 7.12. The van der Waals surface area contributed by atoms with E-state index in [0.29, 0.717) is 5.56 Å². The van der Waals surface area contributed by atoms with Gasteiger partial charge in [-0.05, 0) is 61.9 Å². The van der Waals surface area contributed by atoms with Crippen LogP contribution in [0.2, 0.25) is 0 Å². The highest BCUT2D eigenvalue weighted by Gasteiger charge is 2.18. The van der Waals surface area contributed by atoms with Crippen molar-refractivity contribution in [1.29, 1.82) is 0 Å². The van der Waals surface area contributed by atoms with Crippen LogP contribution in [-0.4, -0.2) is 17.6 Å². The summed E-state index contributed by atoms with van der Waals surface area (Å²) in [7, 11) is 0. The van der Waals surface area contributed by atoms with E-state index in [9.17, 15) is 14.0 Å². The van der Waals surface area contributed by atoms with Gasteiger partial charge in [0.25, 0.3) is 5.91 Å². The highest BCUT2D eigenvalue weighted by Crippen LogP contribution is 2.25. The van der Waals surface area contributed by atoms with Crippen LogP contribution in [0.15, 0.2) is 60.7 Å². The molecular formula is C22H21FN2O3. The zero-order chi connectivity index (χ0) is 20.3. The summed E-state index contributed by atoms with van der Waals surface area (Å²) in [6.07, 6.45) is -0.694. The van der Waals surface area contributed by atoms with Crippen LogP contribution in [-0.2, 0) is 4.74 Å². The van der Waals surface area contributed by atoms with E-state index >= 15 is 0 Å². The van der Waals surface area contributed by atoms with Gasteiger partial charge in [-0.3, -0.25) is 10.1 Å². The maximum absolute atomic E-state index is 13.7. The minimum Gasteiger partial charge on any atom is -0.444 e. The minimum atomic E-state index is -0.694. The van der Waals surface area contributed by atoms with Crippen molar-refractivity contribution >= 4 is 34.1 Å². The number of halogens is 1. The number of rotatable bonds is 3. The predicted octanol–water partition coefficient (Wildman–Crippen LogP) is 5.58. The van der Waals surface area contributed by atoms with Crippen molar-refractivity contribution in [2.75, 3.05) is 10.6 Å². The fraction of sp³-hybridized carbons (Fsp3) is 0.182.